The number of benzene rings is 1. The normalized spacial score (nSPS) is 31.9. The van der Waals surface area contributed by atoms with Gasteiger partial charge in [-0.15, -0.1) is 0 Å². The van der Waals surface area contributed by atoms with Crippen molar-refractivity contribution >= 4 is 6.09 Å². The number of rotatable bonds is 2. The maximum atomic E-state index is 12.4. The fraction of sp³-hybridized carbons (Fsp3) is 0.667. The zero-order valence-electron chi connectivity index (χ0n) is 15.6. The molecule has 2 bridgehead atoms. The van der Waals surface area contributed by atoms with Gasteiger partial charge in [0.25, 0.3) is 0 Å². The Bertz CT molecular complexity index is 605. The van der Waals surface area contributed by atoms with Crippen LogP contribution in [-0.2, 0) is 11.3 Å². The van der Waals surface area contributed by atoms with Gasteiger partial charge in [0.05, 0.1) is 0 Å². The van der Waals surface area contributed by atoms with Crippen LogP contribution in [0, 0.1) is 23.7 Å². The largest absolute Gasteiger partial charge is 0.444 e. The number of hydrogen-bond donors (Lipinski definition) is 0. The van der Waals surface area contributed by atoms with E-state index in [1.54, 1.807) is 0 Å². The highest BCUT2D eigenvalue weighted by Crippen LogP contribution is 2.49. The molecule has 3 fully saturated rings. The minimum absolute atomic E-state index is 0.124. The third kappa shape index (κ3) is 3.55. The number of piperidine rings is 1. The van der Waals surface area contributed by atoms with E-state index >= 15 is 0 Å². The Morgan fingerprint density at radius 1 is 1.04 bits per heavy atom. The zero-order chi connectivity index (χ0) is 17.6. The van der Waals surface area contributed by atoms with Crippen LogP contribution in [0.1, 0.15) is 32.8 Å². The van der Waals surface area contributed by atoms with Crippen molar-refractivity contribution in [2.24, 2.45) is 23.7 Å². The van der Waals surface area contributed by atoms with Gasteiger partial charge in [0, 0.05) is 32.7 Å². The van der Waals surface area contributed by atoms with Gasteiger partial charge in [-0.1, -0.05) is 30.3 Å². The molecule has 1 aromatic rings. The number of nitrogens with zero attached hydrogens (tertiary/aromatic N) is 2. The van der Waals surface area contributed by atoms with E-state index in [2.05, 4.69) is 35.2 Å². The van der Waals surface area contributed by atoms with Crippen LogP contribution in [0.25, 0.3) is 0 Å². The molecule has 2 heterocycles. The SMILES string of the molecule is CC(C)(C)OC(=O)N1C[C@@H]2[C@H]3C[C@H](CN(Cc4ccccc4)C3)[C@@H]2C1. The molecular weight excluding hydrogens is 312 g/mol. The summed E-state index contributed by atoms with van der Waals surface area (Å²) in [5.74, 6) is 2.80. The Kier molecular flexibility index (Phi) is 4.27. The lowest BCUT2D eigenvalue weighted by molar-refractivity contribution is 0.0255. The van der Waals surface area contributed by atoms with Crippen molar-refractivity contribution in [1.29, 1.82) is 0 Å². The molecule has 4 rings (SSSR count). The minimum Gasteiger partial charge on any atom is -0.444 e. The summed E-state index contributed by atoms with van der Waals surface area (Å²) < 4.78 is 5.59. The molecule has 136 valence electrons. The highest BCUT2D eigenvalue weighted by molar-refractivity contribution is 5.68. The third-order valence-electron chi connectivity index (χ3n) is 6.11. The molecule has 0 unspecified atom stereocenters. The molecule has 1 aliphatic carbocycles. The zero-order valence-corrected chi connectivity index (χ0v) is 15.6. The molecule has 1 amide bonds. The van der Waals surface area contributed by atoms with Crippen molar-refractivity contribution in [1.82, 2.24) is 9.80 Å². The second-order valence-corrected chi connectivity index (χ2v) is 9.15. The van der Waals surface area contributed by atoms with Crippen molar-refractivity contribution in [3.63, 3.8) is 0 Å². The van der Waals surface area contributed by atoms with Crippen LogP contribution >= 0.6 is 0 Å². The topological polar surface area (TPSA) is 32.8 Å². The van der Waals surface area contributed by atoms with E-state index in [0.29, 0.717) is 11.8 Å². The van der Waals surface area contributed by atoms with Gasteiger partial charge in [-0.05, 0) is 56.4 Å². The lowest BCUT2D eigenvalue weighted by Gasteiger charge is -2.34. The molecule has 1 aromatic carbocycles. The third-order valence-corrected chi connectivity index (χ3v) is 6.11. The summed E-state index contributed by atoms with van der Waals surface area (Å²) >= 11 is 0. The summed E-state index contributed by atoms with van der Waals surface area (Å²) in [6, 6.07) is 10.8. The van der Waals surface area contributed by atoms with Crippen LogP contribution in [0.15, 0.2) is 30.3 Å². The van der Waals surface area contributed by atoms with Gasteiger partial charge >= 0.3 is 6.09 Å². The summed E-state index contributed by atoms with van der Waals surface area (Å²) in [5.41, 5.74) is 1.00. The molecule has 0 aromatic heterocycles. The van der Waals surface area contributed by atoms with Crippen LogP contribution in [0.2, 0.25) is 0 Å². The smallest absolute Gasteiger partial charge is 0.410 e. The van der Waals surface area contributed by atoms with Gasteiger partial charge in [0.1, 0.15) is 5.60 Å². The molecule has 0 spiro atoms. The fourth-order valence-corrected chi connectivity index (χ4v) is 5.19. The Labute approximate surface area is 151 Å². The lowest BCUT2D eigenvalue weighted by atomic mass is 9.92. The predicted octanol–water partition coefficient (Wildman–Crippen LogP) is 3.62. The molecule has 2 aliphatic heterocycles. The van der Waals surface area contributed by atoms with Crippen LogP contribution in [-0.4, -0.2) is 47.7 Å². The van der Waals surface area contributed by atoms with E-state index in [1.807, 2.05) is 25.7 Å². The summed E-state index contributed by atoms with van der Waals surface area (Å²) in [5, 5.41) is 0. The Hall–Kier alpha value is -1.55. The van der Waals surface area contributed by atoms with E-state index in [1.165, 1.54) is 25.1 Å². The van der Waals surface area contributed by atoms with Crippen LogP contribution < -0.4 is 0 Å². The first-order chi connectivity index (χ1) is 11.9. The van der Waals surface area contributed by atoms with Crippen LogP contribution in [0.3, 0.4) is 0 Å². The molecule has 4 nitrogen and oxygen atoms in total. The number of likely N-dealkylation sites (tertiary alicyclic amines) is 2. The average molecular weight is 342 g/mol. The molecule has 3 aliphatic rings. The van der Waals surface area contributed by atoms with E-state index in [4.69, 9.17) is 4.74 Å². The van der Waals surface area contributed by atoms with Crippen molar-refractivity contribution in [3.05, 3.63) is 35.9 Å². The summed E-state index contributed by atoms with van der Waals surface area (Å²) in [6.07, 6.45) is 1.23. The molecular formula is C21H30N2O2. The minimum atomic E-state index is -0.406. The van der Waals surface area contributed by atoms with E-state index in [-0.39, 0.29) is 6.09 Å². The summed E-state index contributed by atoms with van der Waals surface area (Å²) in [7, 11) is 0. The lowest BCUT2D eigenvalue weighted by Crippen LogP contribution is -2.41. The van der Waals surface area contributed by atoms with Gasteiger partial charge < -0.3 is 9.64 Å². The Morgan fingerprint density at radius 3 is 2.20 bits per heavy atom. The first-order valence-electron chi connectivity index (χ1n) is 9.63. The molecule has 0 N–H and O–H groups in total. The van der Waals surface area contributed by atoms with Crippen molar-refractivity contribution < 1.29 is 9.53 Å². The first-order valence-corrected chi connectivity index (χ1v) is 9.63. The van der Waals surface area contributed by atoms with Gasteiger partial charge in [-0.2, -0.15) is 0 Å². The molecule has 4 atom stereocenters. The number of fused-ring (bicyclic) bond motifs is 5. The van der Waals surface area contributed by atoms with Crippen LogP contribution in [0.4, 0.5) is 4.79 Å². The van der Waals surface area contributed by atoms with E-state index in [0.717, 1.165) is 31.5 Å². The maximum absolute atomic E-state index is 12.4. The number of carbonyl (C=O) groups excluding carboxylic acids is 1. The maximum Gasteiger partial charge on any atom is 0.410 e. The molecule has 1 saturated carbocycles. The van der Waals surface area contributed by atoms with Crippen LogP contribution in [0.5, 0.6) is 0 Å². The van der Waals surface area contributed by atoms with E-state index in [9.17, 15) is 4.79 Å². The predicted molar refractivity (Wildman–Crippen MR) is 98.1 cm³/mol. The molecule has 4 heteroatoms. The first kappa shape index (κ1) is 16.9. The average Bonchev–Trinajstić information content (AvgIpc) is 3.07. The number of amides is 1. The highest BCUT2D eigenvalue weighted by atomic mass is 16.6. The molecule has 25 heavy (non-hydrogen) atoms. The van der Waals surface area contributed by atoms with Crippen molar-refractivity contribution in [2.75, 3.05) is 26.2 Å². The quantitative estimate of drug-likeness (QED) is 0.823. The number of carbonyl (C=O) groups is 1. The van der Waals surface area contributed by atoms with Gasteiger partial charge in [-0.25, -0.2) is 4.79 Å². The Morgan fingerprint density at radius 2 is 1.64 bits per heavy atom. The van der Waals surface area contributed by atoms with Gasteiger partial charge in [0.15, 0.2) is 0 Å². The number of hydrogen-bond acceptors (Lipinski definition) is 3. The molecule has 2 saturated heterocycles. The standard InChI is InChI=1S/C21H30N2O2/c1-21(2,3)25-20(24)23-13-18-16-9-17(19(18)14-23)12-22(11-16)10-15-7-5-4-6-8-15/h4-8,16-19H,9-14H2,1-3H3/t16-,17+,18+,19-. The van der Waals surface area contributed by atoms with Gasteiger partial charge in [-0.3, -0.25) is 4.90 Å². The second kappa shape index (κ2) is 6.31. The summed E-state index contributed by atoms with van der Waals surface area (Å²) in [4.78, 5) is 17.0. The summed E-state index contributed by atoms with van der Waals surface area (Å²) in [6.45, 7) is 11.0. The van der Waals surface area contributed by atoms with Gasteiger partial charge in [0.2, 0.25) is 0 Å². The second-order valence-electron chi connectivity index (χ2n) is 9.15. The van der Waals surface area contributed by atoms with Crippen molar-refractivity contribution in [2.45, 2.75) is 39.3 Å². The fourth-order valence-electron chi connectivity index (χ4n) is 5.19. The van der Waals surface area contributed by atoms with E-state index < -0.39 is 5.60 Å². The monoisotopic (exact) mass is 342 g/mol. The van der Waals surface area contributed by atoms with Crippen molar-refractivity contribution in [3.8, 4) is 0 Å². The molecule has 0 radical (unpaired) electrons. The highest BCUT2D eigenvalue weighted by Gasteiger charge is 2.52. The Balaban J connectivity index is 1.38. The number of ether oxygens (including phenoxy) is 1.